The molecule has 1 unspecified atom stereocenters. The molecule has 0 aliphatic rings. The number of alkyl halides is 3. The van der Waals surface area contributed by atoms with Crippen LogP contribution < -0.4 is 0 Å². The number of halogens is 3. The molecule has 0 amide bonds. The average Bonchev–Trinajstić information content (AvgIpc) is 2.71. The van der Waals surface area contributed by atoms with E-state index in [2.05, 4.69) is 6.92 Å². The summed E-state index contributed by atoms with van der Waals surface area (Å²) in [5.74, 6) is -1.77. The minimum Gasteiger partial charge on any atom is -0.343 e. The van der Waals surface area contributed by atoms with Crippen LogP contribution in [0.15, 0.2) is 24.3 Å². The van der Waals surface area contributed by atoms with Crippen LogP contribution in [0.1, 0.15) is 82.3 Å². The van der Waals surface area contributed by atoms with Crippen LogP contribution in [0.3, 0.4) is 0 Å². The highest BCUT2D eigenvalue weighted by Crippen LogP contribution is 2.31. The Morgan fingerprint density at radius 1 is 0.897 bits per heavy atom. The summed E-state index contributed by atoms with van der Waals surface area (Å²) in [7, 11) is 2.86. The molecule has 0 aliphatic carbocycles. The number of aryl methyl sites for hydroxylation is 1. The van der Waals surface area contributed by atoms with Gasteiger partial charge >= 0.3 is 6.18 Å². The molecule has 0 saturated heterocycles. The molecule has 1 aromatic rings. The van der Waals surface area contributed by atoms with Crippen molar-refractivity contribution in [2.75, 3.05) is 14.2 Å². The van der Waals surface area contributed by atoms with E-state index in [0.717, 1.165) is 38.2 Å². The van der Waals surface area contributed by atoms with Crippen molar-refractivity contribution < 1.29 is 27.8 Å². The molecule has 0 saturated carbocycles. The van der Waals surface area contributed by atoms with Gasteiger partial charge in [-0.15, -0.1) is 0 Å². The van der Waals surface area contributed by atoms with Crippen molar-refractivity contribution in [3.8, 4) is 0 Å². The zero-order chi connectivity index (χ0) is 21.8. The average molecular weight is 419 g/mol. The normalized spacial score (nSPS) is 13.6. The summed E-state index contributed by atoms with van der Waals surface area (Å²) >= 11 is 0. The monoisotopic (exact) mass is 418 g/mol. The fraction of sp³-hybridized carbons (Fsp3) is 0.739. The number of hydrogen-bond acceptors (Lipinski definition) is 3. The van der Waals surface area contributed by atoms with Crippen molar-refractivity contribution in [2.45, 2.75) is 89.7 Å². The molecule has 168 valence electrons. The molecule has 0 radical (unpaired) electrons. The van der Waals surface area contributed by atoms with Crippen molar-refractivity contribution in [3.05, 3.63) is 35.4 Å². The van der Waals surface area contributed by atoms with Gasteiger partial charge in [-0.05, 0) is 37.3 Å². The third-order valence-corrected chi connectivity index (χ3v) is 5.53. The van der Waals surface area contributed by atoms with E-state index < -0.39 is 17.7 Å². The second-order valence-corrected chi connectivity index (χ2v) is 7.74. The molecule has 29 heavy (non-hydrogen) atoms. The van der Waals surface area contributed by atoms with Crippen molar-refractivity contribution in [1.82, 2.24) is 0 Å². The number of ether oxygens (including phenoxy) is 2. The number of unbranched alkanes of at least 4 members (excludes halogenated alkanes) is 6. The minimum atomic E-state index is -4.31. The molecular weight excluding hydrogens is 381 g/mol. The van der Waals surface area contributed by atoms with E-state index in [1.54, 1.807) is 6.07 Å². The summed E-state index contributed by atoms with van der Waals surface area (Å²) < 4.78 is 48.9. The van der Waals surface area contributed by atoms with Crippen molar-refractivity contribution in [3.63, 3.8) is 0 Å². The highest BCUT2D eigenvalue weighted by atomic mass is 19.4. The quantitative estimate of drug-likeness (QED) is 0.254. The molecule has 0 fully saturated rings. The first-order valence-corrected chi connectivity index (χ1v) is 10.8. The fourth-order valence-corrected chi connectivity index (χ4v) is 3.72. The van der Waals surface area contributed by atoms with Gasteiger partial charge in [0.05, 0.1) is 5.56 Å². The second-order valence-electron chi connectivity index (χ2n) is 7.74. The maximum absolute atomic E-state index is 12.8. The molecule has 1 atom stereocenters. The van der Waals surface area contributed by atoms with Gasteiger partial charge in [-0.25, -0.2) is 0 Å². The molecule has 0 spiro atoms. The summed E-state index contributed by atoms with van der Waals surface area (Å²) in [6.45, 7) is 2.19. The second kappa shape index (κ2) is 13.2. The lowest BCUT2D eigenvalue weighted by molar-refractivity contribution is -0.369. The van der Waals surface area contributed by atoms with Gasteiger partial charge < -0.3 is 14.6 Å². The van der Waals surface area contributed by atoms with E-state index in [1.807, 2.05) is 0 Å². The van der Waals surface area contributed by atoms with Gasteiger partial charge in [0.25, 0.3) is 5.97 Å². The van der Waals surface area contributed by atoms with E-state index in [4.69, 9.17) is 9.47 Å². The SMILES string of the molecule is CCCCCCCCC(CCCCc1cccc(C(F)(F)F)c1)C(O)(OC)OC. The van der Waals surface area contributed by atoms with Crippen LogP contribution in [0.25, 0.3) is 0 Å². The lowest BCUT2D eigenvalue weighted by Gasteiger charge is -2.33. The standard InChI is InChI=1S/C23H37F3O3/c1-4-5-6-7-8-9-15-20(23(27,28-2)29-3)16-11-10-13-19-14-12-17-21(18-19)22(24,25)26/h12,14,17-18,20,27H,4-11,13,15-16H2,1-3H3. The minimum absolute atomic E-state index is 0.162. The topological polar surface area (TPSA) is 38.7 Å². The summed E-state index contributed by atoms with van der Waals surface area (Å²) in [6, 6.07) is 5.49. The first-order chi connectivity index (χ1) is 13.8. The van der Waals surface area contributed by atoms with E-state index in [0.29, 0.717) is 18.4 Å². The Hall–Kier alpha value is -1.11. The van der Waals surface area contributed by atoms with Crippen LogP contribution in [-0.4, -0.2) is 25.3 Å². The predicted octanol–water partition coefficient (Wildman–Crippen LogP) is 6.72. The van der Waals surface area contributed by atoms with Crippen LogP contribution in [0.2, 0.25) is 0 Å². The smallest absolute Gasteiger partial charge is 0.343 e. The van der Waals surface area contributed by atoms with E-state index in [-0.39, 0.29) is 5.92 Å². The Kier molecular flexibility index (Phi) is 11.8. The summed E-state index contributed by atoms with van der Waals surface area (Å²) in [6.07, 6.45) is 6.29. The van der Waals surface area contributed by atoms with Crippen molar-refractivity contribution >= 4 is 0 Å². The van der Waals surface area contributed by atoms with Crippen LogP contribution in [0.5, 0.6) is 0 Å². The summed E-state index contributed by atoms with van der Waals surface area (Å²) in [5, 5.41) is 10.6. The van der Waals surface area contributed by atoms with Gasteiger partial charge in [0.1, 0.15) is 0 Å². The molecule has 1 N–H and O–H groups in total. The van der Waals surface area contributed by atoms with E-state index >= 15 is 0 Å². The first-order valence-electron chi connectivity index (χ1n) is 10.8. The third kappa shape index (κ3) is 9.49. The van der Waals surface area contributed by atoms with Gasteiger partial charge in [-0.1, -0.05) is 70.1 Å². The lowest BCUT2D eigenvalue weighted by atomic mass is 9.91. The zero-order valence-corrected chi connectivity index (χ0v) is 18.1. The van der Waals surface area contributed by atoms with Gasteiger partial charge in [0.15, 0.2) is 0 Å². The van der Waals surface area contributed by atoms with Crippen LogP contribution in [0.4, 0.5) is 13.2 Å². The highest BCUT2D eigenvalue weighted by molar-refractivity contribution is 5.25. The number of aliphatic hydroxyl groups is 1. The zero-order valence-electron chi connectivity index (χ0n) is 18.1. The molecule has 1 aromatic carbocycles. The van der Waals surface area contributed by atoms with Gasteiger partial charge in [-0.3, -0.25) is 0 Å². The molecule has 6 heteroatoms. The summed E-state index contributed by atoms with van der Waals surface area (Å²) in [5.41, 5.74) is 0.0742. The van der Waals surface area contributed by atoms with Gasteiger partial charge in [0.2, 0.25) is 0 Å². The molecular formula is C23H37F3O3. The Balaban J connectivity index is 2.51. The Morgan fingerprint density at radius 2 is 1.48 bits per heavy atom. The van der Waals surface area contributed by atoms with Gasteiger partial charge in [-0.2, -0.15) is 13.2 Å². The van der Waals surface area contributed by atoms with Crippen LogP contribution >= 0.6 is 0 Å². The molecule has 0 heterocycles. The van der Waals surface area contributed by atoms with E-state index in [9.17, 15) is 18.3 Å². The Morgan fingerprint density at radius 3 is 2.07 bits per heavy atom. The molecule has 3 nitrogen and oxygen atoms in total. The molecule has 0 aliphatic heterocycles. The highest BCUT2D eigenvalue weighted by Gasteiger charge is 2.36. The van der Waals surface area contributed by atoms with E-state index in [1.165, 1.54) is 52.0 Å². The van der Waals surface area contributed by atoms with Gasteiger partial charge in [0, 0.05) is 20.1 Å². The maximum atomic E-state index is 12.8. The number of benzene rings is 1. The number of rotatable bonds is 15. The van der Waals surface area contributed by atoms with Crippen molar-refractivity contribution in [1.29, 1.82) is 0 Å². The lowest BCUT2D eigenvalue weighted by Crippen LogP contribution is -2.42. The van der Waals surface area contributed by atoms with Crippen LogP contribution in [0, 0.1) is 5.92 Å². The molecule has 1 rings (SSSR count). The molecule has 0 bridgehead atoms. The van der Waals surface area contributed by atoms with Crippen molar-refractivity contribution in [2.24, 2.45) is 5.92 Å². The Labute approximate surface area is 173 Å². The van der Waals surface area contributed by atoms with Crippen LogP contribution in [-0.2, 0) is 22.1 Å². The predicted molar refractivity (Wildman–Crippen MR) is 109 cm³/mol. The largest absolute Gasteiger partial charge is 0.416 e. The Bertz CT molecular complexity index is 557. The number of methoxy groups -OCH3 is 2. The first kappa shape index (κ1) is 25.9. The summed E-state index contributed by atoms with van der Waals surface area (Å²) in [4.78, 5) is 0. The number of hydrogen-bond donors (Lipinski definition) is 1. The third-order valence-electron chi connectivity index (χ3n) is 5.53. The fourth-order valence-electron chi connectivity index (χ4n) is 3.72. The molecule has 0 aromatic heterocycles. The maximum Gasteiger partial charge on any atom is 0.416 e.